The van der Waals surface area contributed by atoms with Crippen molar-refractivity contribution in [3.05, 3.63) is 267 Å². The van der Waals surface area contributed by atoms with Crippen LogP contribution in [0.5, 0.6) is 0 Å². The molecule has 2 heteroatoms. The van der Waals surface area contributed by atoms with Crippen LogP contribution >= 0.6 is 0 Å². The quantitative estimate of drug-likeness (QED) is 0.138. The van der Waals surface area contributed by atoms with Crippen molar-refractivity contribution in [2.75, 3.05) is 4.90 Å². The Morgan fingerprint density at radius 2 is 0.721 bits per heavy atom. The molecule has 0 saturated carbocycles. The van der Waals surface area contributed by atoms with E-state index in [1.54, 1.807) is 0 Å². The molecule has 0 spiro atoms. The average molecular weight is 865 g/mol. The summed E-state index contributed by atoms with van der Waals surface area (Å²) in [5.41, 5.74) is 16.2. The van der Waals surface area contributed by atoms with Crippen molar-refractivity contribution < 1.29 is 0 Å². The summed E-state index contributed by atoms with van der Waals surface area (Å²) in [4.78, 5) is 2.44. The Morgan fingerprint density at radius 3 is 1.41 bits per heavy atom. The number of nitrogens with zero attached hydrogens (tertiary/aromatic N) is 2. The van der Waals surface area contributed by atoms with E-state index in [4.69, 9.17) is 0 Å². The molecule has 2 nitrogen and oxygen atoms in total. The van der Waals surface area contributed by atoms with Crippen LogP contribution in [0.25, 0.3) is 104 Å². The predicted molar refractivity (Wildman–Crippen MR) is 290 cm³/mol. The maximum atomic E-state index is 2.44. The van der Waals surface area contributed by atoms with Gasteiger partial charge in [0.1, 0.15) is 0 Å². The van der Waals surface area contributed by atoms with Crippen LogP contribution in [0, 0.1) is 0 Å². The molecular weight excluding hydrogens is 821 g/mol. The average Bonchev–Trinajstić information content (AvgIpc) is 3.75. The molecule has 13 rings (SSSR count). The summed E-state index contributed by atoms with van der Waals surface area (Å²) in [7, 11) is 0. The maximum absolute atomic E-state index is 2.44. The van der Waals surface area contributed by atoms with Gasteiger partial charge in [-0.3, -0.25) is 0 Å². The van der Waals surface area contributed by atoms with Gasteiger partial charge in [0.15, 0.2) is 0 Å². The summed E-state index contributed by atoms with van der Waals surface area (Å²) in [5, 5.41) is 10.0. The van der Waals surface area contributed by atoms with Gasteiger partial charge < -0.3 is 9.47 Å². The van der Waals surface area contributed by atoms with Gasteiger partial charge in [-0.1, -0.05) is 212 Å². The van der Waals surface area contributed by atoms with Gasteiger partial charge in [-0.15, -0.1) is 0 Å². The van der Waals surface area contributed by atoms with Crippen molar-refractivity contribution >= 4 is 71.2 Å². The lowest BCUT2D eigenvalue weighted by Crippen LogP contribution is -2.11. The highest BCUT2D eigenvalue weighted by Crippen LogP contribution is 2.45. The van der Waals surface area contributed by atoms with Crippen LogP contribution in [0.1, 0.15) is 0 Å². The highest BCUT2D eigenvalue weighted by atomic mass is 15.1. The van der Waals surface area contributed by atoms with Gasteiger partial charge >= 0.3 is 0 Å². The van der Waals surface area contributed by atoms with Crippen molar-refractivity contribution in [1.82, 2.24) is 4.57 Å². The molecule has 0 atom stereocenters. The van der Waals surface area contributed by atoms with Crippen LogP contribution in [0.15, 0.2) is 267 Å². The third-order valence-corrected chi connectivity index (χ3v) is 13.8. The Morgan fingerprint density at radius 1 is 0.250 bits per heavy atom. The molecule has 0 aliphatic rings. The highest BCUT2D eigenvalue weighted by molar-refractivity contribution is 6.13. The lowest BCUT2D eigenvalue weighted by atomic mass is 9.92. The van der Waals surface area contributed by atoms with E-state index in [0.717, 1.165) is 39.4 Å². The molecule has 1 aromatic heterocycles. The molecule has 13 aromatic rings. The Bertz CT molecular complexity index is 3940. The molecule has 68 heavy (non-hydrogen) atoms. The minimum atomic E-state index is 1.07. The Hall–Kier alpha value is -8.98. The molecule has 0 aliphatic heterocycles. The van der Waals surface area contributed by atoms with Gasteiger partial charge in [0.2, 0.25) is 0 Å². The number of hydrogen-bond donors (Lipinski definition) is 0. The van der Waals surface area contributed by atoms with Crippen molar-refractivity contribution in [3.63, 3.8) is 0 Å². The first-order valence-electron chi connectivity index (χ1n) is 23.4. The number of benzene rings is 12. The number of rotatable bonds is 8. The van der Waals surface area contributed by atoms with Crippen molar-refractivity contribution in [2.45, 2.75) is 0 Å². The van der Waals surface area contributed by atoms with Gasteiger partial charge in [0.25, 0.3) is 0 Å². The van der Waals surface area contributed by atoms with Crippen molar-refractivity contribution in [2.24, 2.45) is 0 Å². The van der Waals surface area contributed by atoms with E-state index in [-0.39, 0.29) is 0 Å². The fraction of sp³-hybridized carbons (Fsp3) is 0. The zero-order valence-electron chi connectivity index (χ0n) is 37.3. The molecule has 1 heterocycles. The normalized spacial score (nSPS) is 11.5. The van der Waals surface area contributed by atoms with Crippen molar-refractivity contribution in [1.29, 1.82) is 0 Å². The molecule has 0 bridgehead atoms. The fourth-order valence-corrected chi connectivity index (χ4v) is 10.5. The van der Waals surface area contributed by atoms with Gasteiger partial charge in [-0.2, -0.15) is 0 Å². The van der Waals surface area contributed by atoms with Gasteiger partial charge in [-0.25, -0.2) is 0 Å². The standard InChI is InChI=1S/C66H44N2/c1-2-14-48(15-3-1)59-42-35-51(58-24-13-25-60-57-20-7-5-17-49(57)34-43-61(58)60)44-66(59)67(53-38-40-54(41-39-53)68-64-26-10-8-21-62(64)63-22-9-11-27-65(63)68)52-36-32-46(33-37-52)45-28-30-50(31-29-45)56-23-12-18-47-16-4-6-19-55(47)56/h1-44H. The van der Waals surface area contributed by atoms with E-state index in [2.05, 4.69) is 276 Å². The van der Waals surface area contributed by atoms with Crippen molar-refractivity contribution in [3.8, 4) is 50.2 Å². The van der Waals surface area contributed by atoms with E-state index in [1.165, 1.54) is 81.9 Å². The van der Waals surface area contributed by atoms with E-state index >= 15 is 0 Å². The molecule has 0 amide bonds. The van der Waals surface area contributed by atoms with Crippen LogP contribution in [-0.2, 0) is 0 Å². The first-order valence-corrected chi connectivity index (χ1v) is 23.4. The Kier molecular flexibility index (Phi) is 9.54. The molecule has 0 saturated heterocycles. The van der Waals surface area contributed by atoms with Gasteiger partial charge in [0, 0.05) is 33.4 Å². The predicted octanol–water partition coefficient (Wildman–Crippen LogP) is 18.4. The summed E-state index contributed by atoms with van der Waals surface area (Å²) in [6.07, 6.45) is 0. The zero-order valence-corrected chi connectivity index (χ0v) is 37.3. The molecule has 12 aromatic carbocycles. The summed E-state index contributed by atoms with van der Waals surface area (Å²) < 4.78 is 2.39. The molecule has 318 valence electrons. The molecule has 0 unspecified atom stereocenters. The minimum absolute atomic E-state index is 1.07. The van der Waals surface area contributed by atoms with E-state index in [1.807, 2.05) is 0 Å². The number of fused-ring (bicyclic) bond motifs is 7. The van der Waals surface area contributed by atoms with Crippen LogP contribution < -0.4 is 4.90 Å². The molecule has 0 fully saturated rings. The third kappa shape index (κ3) is 6.73. The first kappa shape index (κ1) is 39.4. The topological polar surface area (TPSA) is 8.17 Å². The van der Waals surface area contributed by atoms with Gasteiger partial charge in [0.05, 0.1) is 16.7 Å². The summed E-state index contributed by atoms with van der Waals surface area (Å²) >= 11 is 0. The van der Waals surface area contributed by atoms with Crippen LogP contribution in [0.3, 0.4) is 0 Å². The minimum Gasteiger partial charge on any atom is -0.310 e. The first-order chi connectivity index (χ1) is 33.7. The lowest BCUT2D eigenvalue weighted by Gasteiger charge is -2.29. The summed E-state index contributed by atoms with van der Waals surface area (Å²) in [6, 6.07) is 97.6. The second-order valence-electron chi connectivity index (χ2n) is 17.7. The third-order valence-electron chi connectivity index (χ3n) is 13.8. The lowest BCUT2D eigenvalue weighted by molar-refractivity contribution is 1.17. The molecule has 0 aliphatic carbocycles. The number of aromatic nitrogens is 1. The van der Waals surface area contributed by atoms with Crippen LogP contribution in [0.2, 0.25) is 0 Å². The Balaban J connectivity index is 0.968. The zero-order chi connectivity index (χ0) is 45.0. The van der Waals surface area contributed by atoms with E-state index in [0.29, 0.717) is 0 Å². The largest absolute Gasteiger partial charge is 0.310 e. The van der Waals surface area contributed by atoms with Gasteiger partial charge in [-0.05, 0) is 126 Å². The van der Waals surface area contributed by atoms with Crippen LogP contribution in [0.4, 0.5) is 17.1 Å². The molecule has 0 radical (unpaired) electrons. The molecule has 0 N–H and O–H groups in total. The molecular formula is C66H44N2. The monoisotopic (exact) mass is 864 g/mol. The maximum Gasteiger partial charge on any atom is 0.0546 e. The number of hydrogen-bond acceptors (Lipinski definition) is 1. The number of anilines is 3. The van der Waals surface area contributed by atoms with Crippen LogP contribution in [-0.4, -0.2) is 4.57 Å². The smallest absolute Gasteiger partial charge is 0.0546 e. The Labute approximate surface area is 395 Å². The van der Waals surface area contributed by atoms with E-state index in [9.17, 15) is 0 Å². The second-order valence-corrected chi connectivity index (χ2v) is 17.7. The SMILES string of the molecule is c1ccc(-c2ccc(-c3cccc4c3ccc3ccccc34)cc2N(c2ccc(-c3ccc(-c4cccc5ccccc45)cc3)cc2)c2ccc(-n3c4ccccc4c4ccccc43)cc2)cc1. The highest BCUT2D eigenvalue weighted by Gasteiger charge is 2.21. The second kappa shape index (κ2) is 16.5. The summed E-state index contributed by atoms with van der Waals surface area (Å²) in [5.74, 6) is 0. The van der Waals surface area contributed by atoms with E-state index < -0.39 is 0 Å². The number of para-hydroxylation sites is 2. The summed E-state index contributed by atoms with van der Waals surface area (Å²) in [6.45, 7) is 0. The fourth-order valence-electron chi connectivity index (χ4n) is 10.5.